The Balaban J connectivity index is 2.42. The fourth-order valence-corrected chi connectivity index (χ4v) is 2.30. The van der Waals surface area contributed by atoms with E-state index in [1.54, 1.807) is 24.3 Å². The highest BCUT2D eigenvalue weighted by Gasteiger charge is 2.17. The third-order valence-electron chi connectivity index (χ3n) is 2.48. The molecule has 2 rings (SSSR count). The molecule has 0 nitrogen and oxygen atoms in total. The molecular formula is C13H7BrCl2F2. The van der Waals surface area contributed by atoms with Gasteiger partial charge in [-0.3, -0.25) is 0 Å². The zero-order valence-corrected chi connectivity index (χ0v) is 12.0. The summed E-state index contributed by atoms with van der Waals surface area (Å²) in [6.07, 6.45) is 0. The summed E-state index contributed by atoms with van der Waals surface area (Å²) in [4.78, 5) is 0. The minimum absolute atomic E-state index is 0.0729. The number of alkyl halides is 1. The van der Waals surface area contributed by atoms with Crippen LogP contribution in [0.1, 0.15) is 16.5 Å². The summed E-state index contributed by atoms with van der Waals surface area (Å²) in [6, 6.07) is 8.82. The van der Waals surface area contributed by atoms with Crippen LogP contribution in [0, 0.1) is 11.6 Å². The second-order valence-electron chi connectivity index (χ2n) is 3.70. The first-order valence-corrected chi connectivity index (χ1v) is 6.63. The Bertz CT molecular complexity index is 570. The number of halogens is 5. The van der Waals surface area contributed by atoms with Crippen LogP contribution in [0.25, 0.3) is 0 Å². The molecule has 0 aliphatic heterocycles. The molecule has 5 heteroatoms. The van der Waals surface area contributed by atoms with Crippen LogP contribution in [0.4, 0.5) is 8.78 Å². The van der Waals surface area contributed by atoms with Crippen LogP contribution in [0.2, 0.25) is 5.02 Å². The highest BCUT2D eigenvalue weighted by Crippen LogP contribution is 2.33. The van der Waals surface area contributed by atoms with E-state index in [-0.39, 0.29) is 10.0 Å². The predicted octanol–water partition coefficient (Wildman–Crippen LogP) is 5.71. The van der Waals surface area contributed by atoms with Crippen molar-refractivity contribution in [3.63, 3.8) is 0 Å². The van der Waals surface area contributed by atoms with Gasteiger partial charge in [0.05, 0.1) is 9.85 Å². The van der Waals surface area contributed by atoms with Crippen molar-refractivity contribution < 1.29 is 8.78 Å². The molecule has 2 aromatic carbocycles. The highest BCUT2D eigenvalue weighted by molar-refractivity contribution is 9.10. The van der Waals surface area contributed by atoms with E-state index in [2.05, 4.69) is 15.9 Å². The molecule has 94 valence electrons. The molecular weight excluding hydrogens is 345 g/mol. The fraction of sp³-hybridized carbons (Fsp3) is 0.0769. The first-order valence-electron chi connectivity index (χ1n) is 5.03. The molecule has 0 aliphatic carbocycles. The van der Waals surface area contributed by atoms with E-state index < -0.39 is 17.0 Å². The van der Waals surface area contributed by atoms with Gasteiger partial charge in [-0.1, -0.05) is 23.7 Å². The van der Waals surface area contributed by atoms with E-state index in [0.29, 0.717) is 10.6 Å². The molecule has 0 spiro atoms. The normalized spacial score (nSPS) is 12.5. The van der Waals surface area contributed by atoms with Gasteiger partial charge >= 0.3 is 0 Å². The number of hydrogen-bond donors (Lipinski definition) is 0. The second kappa shape index (κ2) is 5.55. The molecule has 0 saturated carbocycles. The predicted molar refractivity (Wildman–Crippen MR) is 73.2 cm³/mol. The minimum Gasteiger partial charge on any atom is -0.207 e. The Hall–Kier alpha value is -0.640. The van der Waals surface area contributed by atoms with Gasteiger partial charge in [-0.25, -0.2) is 8.78 Å². The first-order chi connectivity index (χ1) is 8.49. The van der Waals surface area contributed by atoms with Crippen molar-refractivity contribution in [1.82, 2.24) is 0 Å². The van der Waals surface area contributed by atoms with E-state index in [4.69, 9.17) is 23.2 Å². The maximum Gasteiger partial charge on any atom is 0.137 e. The van der Waals surface area contributed by atoms with Crippen LogP contribution < -0.4 is 0 Å². The summed E-state index contributed by atoms with van der Waals surface area (Å²) >= 11 is 14.8. The Morgan fingerprint density at radius 2 is 1.61 bits per heavy atom. The molecule has 0 heterocycles. The van der Waals surface area contributed by atoms with Gasteiger partial charge in [-0.05, 0) is 45.8 Å². The molecule has 0 N–H and O–H groups in total. The van der Waals surface area contributed by atoms with Gasteiger partial charge in [0.2, 0.25) is 0 Å². The lowest BCUT2D eigenvalue weighted by atomic mass is 10.0. The van der Waals surface area contributed by atoms with Crippen molar-refractivity contribution in [2.45, 2.75) is 5.38 Å². The summed E-state index contributed by atoms with van der Waals surface area (Å²) in [5, 5.41) is -0.199. The number of benzene rings is 2. The molecule has 1 unspecified atom stereocenters. The van der Waals surface area contributed by atoms with Crippen LogP contribution in [0.3, 0.4) is 0 Å². The molecule has 1 atom stereocenters. The van der Waals surface area contributed by atoms with Crippen LogP contribution in [0.15, 0.2) is 40.9 Å². The van der Waals surface area contributed by atoms with Crippen molar-refractivity contribution >= 4 is 39.1 Å². The summed E-state index contributed by atoms with van der Waals surface area (Å²) in [7, 11) is 0. The lowest BCUT2D eigenvalue weighted by Crippen LogP contribution is -1.98. The maximum absolute atomic E-state index is 13.7. The smallest absolute Gasteiger partial charge is 0.137 e. The van der Waals surface area contributed by atoms with Gasteiger partial charge in [-0.15, -0.1) is 11.6 Å². The van der Waals surface area contributed by atoms with E-state index >= 15 is 0 Å². The number of rotatable bonds is 2. The zero-order chi connectivity index (χ0) is 13.3. The average molecular weight is 352 g/mol. The SMILES string of the molecule is Fc1cc(C(Cl)c2ccc(Cl)cc2)c(F)cc1Br. The molecule has 0 bridgehead atoms. The number of hydrogen-bond acceptors (Lipinski definition) is 0. The van der Waals surface area contributed by atoms with Crippen molar-refractivity contribution in [3.8, 4) is 0 Å². The van der Waals surface area contributed by atoms with Gasteiger partial charge in [0.25, 0.3) is 0 Å². The third kappa shape index (κ3) is 2.85. The highest BCUT2D eigenvalue weighted by atomic mass is 79.9. The Morgan fingerprint density at radius 1 is 1.00 bits per heavy atom. The quantitative estimate of drug-likeness (QED) is 0.480. The molecule has 0 radical (unpaired) electrons. The molecule has 0 amide bonds. The molecule has 0 aliphatic rings. The van der Waals surface area contributed by atoms with Crippen molar-refractivity contribution in [1.29, 1.82) is 0 Å². The van der Waals surface area contributed by atoms with Crippen molar-refractivity contribution in [2.75, 3.05) is 0 Å². The Kier molecular flexibility index (Phi) is 4.25. The molecule has 0 fully saturated rings. The van der Waals surface area contributed by atoms with Gasteiger partial charge in [-0.2, -0.15) is 0 Å². The fourth-order valence-electron chi connectivity index (χ4n) is 1.54. The Labute approximate surface area is 122 Å². The molecule has 2 aromatic rings. The topological polar surface area (TPSA) is 0 Å². The summed E-state index contributed by atoms with van der Waals surface area (Å²) in [5.74, 6) is -1.11. The van der Waals surface area contributed by atoms with Crippen LogP contribution in [0.5, 0.6) is 0 Å². The molecule has 18 heavy (non-hydrogen) atoms. The molecule has 0 aromatic heterocycles. The van der Waals surface area contributed by atoms with Gasteiger partial charge in [0, 0.05) is 10.6 Å². The van der Waals surface area contributed by atoms with Gasteiger partial charge < -0.3 is 0 Å². The van der Waals surface area contributed by atoms with Crippen molar-refractivity contribution in [3.05, 3.63) is 68.7 Å². The summed E-state index contributed by atoms with van der Waals surface area (Å²) in [5.41, 5.74) is 0.751. The Morgan fingerprint density at radius 3 is 2.22 bits per heavy atom. The van der Waals surface area contributed by atoms with Crippen LogP contribution in [-0.2, 0) is 0 Å². The third-order valence-corrected chi connectivity index (χ3v) is 3.82. The molecule has 0 saturated heterocycles. The maximum atomic E-state index is 13.7. The van der Waals surface area contributed by atoms with E-state index in [9.17, 15) is 8.78 Å². The first kappa shape index (κ1) is 13.8. The monoisotopic (exact) mass is 350 g/mol. The summed E-state index contributed by atoms with van der Waals surface area (Å²) < 4.78 is 27.2. The average Bonchev–Trinajstić information content (AvgIpc) is 2.34. The standard InChI is InChI=1S/C13H7BrCl2F2/c14-10-6-11(17)9(5-12(10)18)13(16)7-1-3-8(15)4-2-7/h1-6,13H. The van der Waals surface area contributed by atoms with E-state index in [1.807, 2.05) is 0 Å². The van der Waals surface area contributed by atoms with Crippen LogP contribution in [-0.4, -0.2) is 0 Å². The second-order valence-corrected chi connectivity index (χ2v) is 5.43. The van der Waals surface area contributed by atoms with Crippen LogP contribution >= 0.6 is 39.1 Å². The van der Waals surface area contributed by atoms with E-state index in [0.717, 1.165) is 12.1 Å². The summed E-state index contributed by atoms with van der Waals surface area (Å²) in [6.45, 7) is 0. The largest absolute Gasteiger partial charge is 0.207 e. The van der Waals surface area contributed by atoms with Gasteiger partial charge in [0.1, 0.15) is 11.6 Å². The minimum atomic E-state index is -0.759. The van der Waals surface area contributed by atoms with E-state index in [1.165, 1.54) is 0 Å². The lowest BCUT2D eigenvalue weighted by Gasteiger charge is -2.12. The lowest BCUT2D eigenvalue weighted by molar-refractivity contribution is 0.582. The van der Waals surface area contributed by atoms with Crippen molar-refractivity contribution in [2.24, 2.45) is 0 Å². The van der Waals surface area contributed by atoms with Gasteiger partial charge in [0.15, 0.2) is 0 Å². The zero-order valence-electron chi connectivity index (χ0n) is 8.93.